The maximum Gasteiger partial charge on any atom is 0.336 e. The fourth-order valence-electron chi connectivity index (χ4n) is 4.80. The molecule has 7 atom stereocenters. The van der Waals surface area contributed by atoms with Crippen LogP contribution in [0.2, 0.25) is 0 Å². The highest BCUT2D eigenvalue weighted by Gasteiger charge is 2.65. The molecule has 1 heterocycles. The van der Waals surface area contributed by atoms with Crippen molar-refractivity contribution in [2.45, 2.75) is 46.0 Å². The molecule has 0 spiro atoms. The van der Waals surface area contributed by atoms with Crippen LogP contribution in [0.5, 0.6) is 0 Å². The molecular weight excluding hydrogens is 404 g/mol. The molecule has 0 amide bonds. The molecule has 0 aromatic carbocycles. The van der Waals surface area contributed by atoms with Crippen LogP contribution in [0, 0.1) is 29.1 Å². The number of hydrogen-bond acceptors (Lipinski definition) is 8. The first-order chi connectivity index (χ1) is 14.4. The molecule has 1 N–H and O–H groups in total. The number of fused-ring (bicyclic) bond motifs is 2. The van der Waals surface area contributed by atoms with Crippen LogP contribution in [0.1, 0.15) is 27.7 Å². The smallest absolute Gasteiger partial charge is 0.336 e. The minimum atomic E-state index is -1.25. The molecule has 3 aliphatic rings. The highest BCUT2D eigenvalue weighted by molar-refractivity contribution is 5.99. The highest BCUT2D eigenvalue weighted by atomic mass is 16.6. The summed E-state index contributed by atoms with van der Waals surface area (Å²) in [6.07, 6.45) is 0.167. The lowest BCUT2D eigenvalue weighted by atomic mass is 9.67. The lowest BCUT2D eigenvalue weighted by molar-refractivity contribution is -0.172. The number of esters is 3. The molecule has 2 fully saturated rings. The largest absolute Gasteiger partial charge is 0.458 e. The first kappa shape index (κ1) is 22.9. The van der Waals surface area contributed by atoms with E-state index in [4.69, 9.17) is 14.2 Å². The normalized spacial score (nSPS) is 36.5. The summed E-state index contributed by atoms with van der Waals surface area (Å²) in [6.45, 7) is 13.5. The van der Waals surface area contributed by atoms with Gasteiger partial charge in [0.1, 0.15) is 18.3 Å². The molecule has 168 valence electrons. The van der Waals surface area contributed by atoms with Gasteiger partial charge in [0.25, 0.3) is 0 Å². The Bertz CT molecular complexity index is 884. The Morgan fingerprint density at radius 3 is 2.52 bits per heavy atom. The zero-order valence-electron chi connectivity index (χ0n) is 18.1. The van der Waals surface area contributed by atoms with Gasteiger partial charge in [-0.3, -0.25) is 9.59 Å². The minimum Gasteiger partial charge on any atom is -0.458 e. The van der Waals surface area contributed by atoms with Crippen molar-refractivity contribution in [3.8, 4) is 0 Å². The number of aliphatic hydroxyl groups is 1. The van der Waals surface area contributed by atoms with E-state index in [0.717, 1.165) is 0 Å². The molecule has 3 rings (SSSR count). The van der Waals surface area contributed by atoms with Crippen LogP contribution >= 0.6 is 0 Å². The molecule has 31 heavy (non-hydrogen) atoms. The Morgan fingerprint density at radius 2 is 1.94 bits per heavy atom. The van der Waals surface area contributed by atoms with E-state index in [1.54, 1.807) is 26.8 Å². The summed E-state index contributed by atoms with van der Waals surface area (Å²) in [5, 5.41) is 9.28. The maximum absolute atomic E-state index is 13.1. The second kappa shape index (κ2) is 8.07. The summed E-state index contributed by atoms with van der Waals surface area (Å²) >= 11 is 0. The number of carbonyl (C=O) groups is 4. The van der Waals surface area contributed by atoms with E-state index in [9.17, 15) is 24.3 Å². The molecule has 7 unspecified atom stereocenters. The first-order valence-corrected chi connectivity index (χ1v) is 10.3. The number of allylic oxidation sites excluding steroid dienone is 2. The van der Waals surface area contributed by atoms with Crippen molar-refractivity contribution in [2.24, 2.45) is 29.1 Å². The molecule has 1 saturated heterocycles. The third kappa shape index (κ3) is 3.52. The summed E-state index contributed by atoms with van der Waals surface area (Å²) in [6, 6.07) is 0. The average molecular weight is 432 g/mol. The van der Waals surface area contributed by atoms with Crippen LogP contribution in [0.15, 0.2) is 36.5 Å². The molecule has 0 aromatic heterocycles. The number of carbonyl (C=O) groups excluding carboxylic acids is 4. The second-order valence-corrected chi connectivity index (χ2v) is 8.96. The summed E-state index contributed by atoms with van der Waals surface area (Å²) in [5.74, 6) is -4.54. The molecule has 0 bridgehead atoms. The third-order valence-corrected chi connectivity index (χ3v) is 6.70. The van der Waals surface area contributed by atoms with Gasteiger partial charge in [0.2, 0.25) is 0 Å². The zero-order chi connectivity index (χ0) is 23.2. The molecule has 0 radical (unpaired) electrons. The summed E-state index contributed by atoms with van der Waals surface area (Å²) in [4.78, 5) is 50.5. The summed E-state index contributed by atoms with van der Waals surface area (Å²) < 4.78 is 17.0. The molecule has 2 aliphatic carbocycles. The highest BCUT2D eigenvalue weighted by Crippen LogP contribution is 2.55. The Balaban J connectivity index is 2.14. The third-order valence-electron chi connectivity index (χ3n) is 6.70. The van der Waals surface area contributed by atoms with Gasteiger partial charge in [-0.2, -0.15) is 0 Å². The fraction of sp³-hybridized carbons (Fsp3) is 0.565. The Kier molecular flexibility index (Phi) is 5.97. The van der Waals surface area contributed by atoms with E-state index in [2.05, 4.69) is 13.2 Å². The van der Waals surface area contributed by atoms with E-state index in [1.807, 2.05) is 6.92 Å². The van der Waals surface area contributed by atoms with E-state index >= 15 is 0 Å². The van der Waals surface area contributed by atoms with Crippen molar-refractivity contribution in [1.82, 2.24) is 0 Å². The van der Waals surface area contributed by atoms with Crippen LogP contribution in [-0.4, -0.2) is 53.7 Å². The molecule has 0 aromatic rings. The van der Waals surface area contributed by atoms with Crippen LogP contribution in [0.3, 0.4) is 0 Å². The van der Waals surface area contributed by atoms with Crippen molar-refractivity contribution >= 4 is 23.7 Å². The molecule has 8 heteroatoms. The van der Waals surface area contributed by atoms with Gasteiger partial charge in [-0.25, -0.2) is 9.59 Å². The van der Waals surface area contributed by atoms with E-state index in [1.165, 1.54) is 6.08 Å². The van der Waals surface area contributed by atoms with Crippen LogP contribution in [0.4, 0.5) is 0 Å². The minimum absolute atomic E-state index is 0.0387. The Morgan fingerprint density at radius 1 is 1.29 bits per heavy atom. The van der Waals surface area contributed by atoms with E-state index in [-0.39, 0.29) is 16.9 Å². The molecular formula is C23H28O8. The predicted molar refractivity (Wildman–Crippen MR) is 108 cm³/mol. The van der Waals surface area contributed by atoms with Crippen molar-refractivity contribution < 1.29 is 38.5 Å². The number of hydrogen-bond donors (Lipinski definition) is 1. The van der Waals surface area contributed by atoms with E-state index in [0.29, 0.717) is 0 Å². The number of aliphatic hydroxyl groups excluding tert-OH is 1. The summed E-state index contributed by atoms with van der Waals surface area (Å²) in [7, 11) is 0. The topological polar surface area (TPSA) is 116 Å². The Hall–Kier alpha value is -2.74. The van der Waals surface area contributed by atoms with Gasteiger partial charge in [-0.15, -0.1) is 0 Å². The van der Waals surface area contributed by atoms with Gasteiger partial charge in [-0.05, 0) is 18.9 Å². The van der Waals surface area contributed by atoms with Crippen molar-refractivity contribution in [3.63, 3.8) is 0 Å². The van der Waals surface area contributed by atoms with Gasteiger partial charge >= 0.3 is 17.9 Å². The van der Waals surface area contributed by atoms with Gasteiger partial charge in [-0.1, -0.05) is 40.0 Å². The van der Waals surface area contributed by atoms with Gasteiger partial charge < -0.3 is 19.3 Å². The second-order valence-electron chi connectivity index (χ2n) is 8.96. The fourth-order valence-corrected chi connectivity index (χ4v) is 4.80. The quantitative estimate of drug-likeness (QED) is 0.395. The van der Waals surface area contributed by atoms with Crippen LogP contribution < -0.4 is 0 Å². The maximum atomic E-state index is 13.1. The average Bonchev–Trinajstić information content (AvgIpc) is 3.16. The first-order valence-electron chi connectivity index (χ1n) is 10.3. The number of rotatable bonds is 5. The van der Waals surface area contributed by atoms with Crippen LogP contribution in [-0.2, 0) is 33.4 Å². The lowest BCUT2D eigenvalue weighted by Gasteiger charge is -2.39. The van der Waals surface area contributed by atoms with Crippen molar-refractivity contribution in [1.29, 1.82) is 0 Å². The SMILES string of the molecule is C=C(CO)C(=O)OC1C2C(=C)C(=O)OC2C(OC(=O)C(C)C)C(C)C2C=CC(=O)C21C. The molecule has 8 nitrogen and oxygen atoms in total. The number of ketones is 1. The van der Waals surface area contributed by atoms with Crippen molar-refractivity contribution in [3.05, 3.63) is 36.5 Å². The van der Waals surface area contributed by atoms with Gasteiger partial charge in [0.05, 0.1) is 29.4 Å². The summed E-state index contributed by atoms with van der Waals surface area (Å²) in [5.41, 5.74) is -1.40. The standard InChI is InChI=1S/C23H28O8/c1-10(2)20(26)29-17-12(4)14-7-8-15(25)23(14,6)19(31-21(27)11(3)9-24)16-13(5)22(28)30-18(16)17/h7-8,10,12,14,16-19,24H,3,5,9H2,1-2,4,6H3. The van der Waals surface area contributed by atoms with Gasteiger partial charge in [0.15, 0.2) is 5.78 Å². The van der Waals surface area contributed by atoms with E-state index < -0.39 is 71.9 Å². The number of ether oxygens (including phenoxy) is 3. The zero-order valence-corrected chi connectivity index (χ0v) is 18.1. The lowest BCUT2D eigenvalue weighted by Crippen LogP contribution is -2.49. The molecule has 1 saturated carbocycles. The predicted octanol–water partition coefficient (Wildman–Crippen LogP) is 1.52. The Labute approximate surface area is 180 Å². The van der Waals surface area contributed by atoms with Gasteiger partial charge in [0, 0.05) is 11.5 Å². The van der Waals surface area contributed by atoms with Crippen LogP contribution in [0.25, 0.3) is 0 Å². The monoisotopic (exact) mass is 432 g/mol. The van der Waals surface area contributed by atoms with Crippen molar-refractivity contribution in [2.75, 3.05) is 6.61 Å². The molecule has 1 aliphatic heterocycles.